The van der Waals surface area contributed by atoms with E-state index in [2.05, 4.69) is 5.92 Å². The van der Waals surface area contributed by atoms with Crippen LogP contribution in [0.4, 0.5) is 0 Å². The van der Waals surface area contributed by atoms with Crippen LogP contribution >= 0.6 is 0 Å². The summed E-state index contributed by atoms with van der Waals surface area (Å²) in [7, 11) is 1.63. The normalized spacial score (nSPS) is 10.6. The molecule has 0 heterocycles. The predicted octanol–water partition coefficient (Wildman–Crippen LogP) is 2.65. The van der Waals surface area contributed by atoms with Crippen LogP contribution in [0.3, 0.4) is 0 Å². The van der Waals surface area contributed by atoms with E-state index in [4.69, 9.17) is 15.9 Å². The fourth-order valence-electron chi connectivity index (χ4n) is 0.994. The summed E-state index contributed by atoms with van der Waals surface area (Å²) >= 11 is 0. The van der Waals surface area contributed by atoms with Crippen LogP contribution in [0.15, 0.2) is 35.9 Å². The zero-order valence-corrected chi connectivity index (χ0v) is 8.99. The molecule has 0 amide bonds. The Morgan fingerprint density at radius 1 is 1.33 bits per heavy atom. The van der Waals surface area contributed by atoms with Crippen molar-refractivity contribution in [1.29, 1.82) is 0 Å². The number of ether oxygens (including phenoxy) is 2. The minimum absolute atomic E-state index is 0.488. The minimum atomic E-state index is 0.488. The number of hydrogen-bond donors (Lipinski definition) is 0. The third kappa shape index (κ3) is 3.78. The van der Waals surface area contributed by atoms with Crippen LogP contribution in [0.2, 0.25) is 0 Å². The number of methoxy groups -OCH3 is 1. The van der Waals surface area contributed by atoms with Crippen LogP contribution in [0, 0.1) is 12.3 Å². The van der Waals surface area contributed by atoms with Crippen molar-refractivity contribution in [1.82, 2.24) is 0 Å². The van der Waals surface area contributed by atoms with E-state index in [0.717, 1.165) is 17.1 Å². The minimum Gasteiger partial charge on any atom is -0.497 e. The maximum Gasteiger partial charge on any atom is 0.120 e. The summed E-state index contributed by atoms with van der Waals surface area (Å²) in [6, 6.07) is 7.43. The number of hydrogen-bond acceptors (Lipinski definition) is 2. The molecule has 0 saturated carbocycles. The maximum absolute atomic E-state index is 5.45. The molecule has 0 aromatic heterocycles. The van der Waals surface area contributed by atoms with Gasteiger partial charge in [0.15, 0.2) is 0 Å². The van der Waals surface area contributed by atoms with E-state index in [9.17, 15) is 0 Å². The van der Waals surface area contributed by atoms with Crippen LogP contribution in [0.25, 0.3) is 0 Å². The zero-order valence-electron chi connectivity index (χ0n) is 8.99. The molecule has 0 aliphatic heterocycles. The highest BCUT2D eigenvalue weighted by molar-refractivity contribution is 5.31. The van der Waals surface area contributed by atoms with Gasteiger partial charge in [-0.2, -0.15) is 0 Å². The summed E-state index contributed by atoms with van der Waals surface area (Å²) in [5.74, 6) is 4.15. The van der Waals surface area contributed by atoms with Crippen LogP contribution < -0.4 is 9.47 Å². The first-order valence-electron chi connectivity index (χ1n) is 4.66. The van der Waals surface area contributed by atoms with Crippen LogP contribution in [-0.2, 0) is 0 Å². The second kappa shape index (κ2) is 5.77. The van der Waals surface area contributed by atoms with Gasteiger partial charge < -0.3 is 9.47 Å². The molecule has 0 bridgehead atoms. The van der Waals surface area contributed by atoms with Gasteiger partial charge in [-0.15, -0.1) is 6.42 Å². The Labute approximate surface area is 90.5 Å². The number of rotatable bonds is 4. The molecule has 2 nitrogen and oxygen atoms in total. The molecule has 0 unspecified atom stereocenters. The third-order valence-electron chi connectivity index (χ3n) is 1.93. The average Bonchev–Trinajstić information content (AvgIpc) is 2.29. The highest BCUT2D eigenvalue weighted by Crippen LogP contribution is 2.16. The molecule has 2 heteroatoms. The van der Waals surface area contributed by atoms with Crippen molar-refractivity contribution < 1.29 is 9.47 Å². The lowest BCUT2D eigenvalue weighted by molar-refractivity contribution is 0.360. The lowest BCUT2D eigenvalue weighted by Crippen LogP contribution is -1.94. The van der Waals surface area contributed by atoms with Crippen molar-refractivity contribution in [2.24, 2.45) is 0 Å². The van der Waals surface area contributed by atoms with Crippen molar-refractivity contribution in [2.75, 3.05) is 13.7 Å². The van der Waals surface area contributed by atoms with E-state index in [-0.39, 0.29) is 0 Å². The van der Waals surface area contributed by atoms with Gasteiger partial charge >= 0.3 is 0 Å². The summed E-state index contributed by atoms with van der Waals surface area (Å²) in [5, 5.41) is 0. The number of allylic oxidation sites excluding steroid dienone is 1. The first-order valence-corrected chi connectivity index (χ1v) is 4.66. The molecule has 0 radical (unpaired) electrons. The van der Waals surface area contributed by atoms with Gasteiger partial charge in [-0.05, 0) is 42.8 Å². The molecule has 0 aliphatic carbocycles. The van der Waals surface area contributed by atoms with E-state index in [1.54, 1.807) is 7.11 Å². The molecule has 0 spiro atoms. The third-order valence-corrected chi connectivity index (χ3v) is 1.93. The van der Waals surface area contributed by atoms with Gasteiger partial charge in [0.25, 0.3) is 0 Å². The van der Waals surface area contributed by atoms with Gasteiger partial charge in [0.2, 0.25) is 0 Å². The fourth-order valence-corrected chi connectivity index (χ4v) is 0.994. The Kier molecular flexibility index (Phi) is 4.30. The smallest absolute Gasteiger partial charge is 0.120 e. The Balaban J connectivity index is 2.49. The van der Waals surface area contributed by atoms with E-state index in [0.29, 0.717) is 6.61 Å². The Hall–Kier alpha value is -1.88. The van der Waals surface area contributed by atoms with Crippen LogP contribution in [0.5, 0.6) is 11.5 Å². The van der Waals surface area contributed by atoms with Gasteiger partial charge in [-0.25, -0.2) is 0 Å². The zero-order chi connectivity index (χ0) is 11.1. The molecule has 78 valence electrons. The van der Waals surface area contributed by atoms with Crippen LogP contribution in [-0.4, -0.2) is 13.7 Å². The van der Waals surface area contributed by atoms with Gasteiger partial charge in [0, 0.05) is 0 Å². The van der Waals surface area contributed by atoms with Crippen molar-refractivity contribution >= 4 is 0 Å². The molecule has 15 heavy (non-hydrogen) atoms. The maximum atomic E-state index is 5.45. The topological polar surface area (TPSA) is 18.5 Å². The van der Waals surface area contributed by atoms with Crippen molar-refractivity contribution in [3.8, 4) is 23.8 Å². The lowest BCUT2D eigenvalue weighted by atomic mass is 10.3. The standard InChI is InChI=1S/C13H14O2/c1-4-11(2)9-10-15-13-7-5-12(14-3)6-8-13/h1,5-9H,10H2,2-3H3/b11-9+. The van der Waals surface area contributed by atoms with E-state index in [1.165, 1.54) is 0 Å². The molecule has 0 fully saturated rings. The predicted molar refractivity (Wildman–Crippen MR) is 61.1 cm³/mol. The molecule has 1 aromatic carbocycles. The monoisotopic (exact) mass is 202 g/mol. The highest BCUT2D eigenvalue weighted by Gasteiger charge is 1.93. The SMILES string of the molecule is C#C/C(C)=C/COc1ccc(OC)cc1. The first kappa shape index (κ1) is 11.2. The fraction of sp³-hybridized carbons (Fsp3) is 0.231. The molecular weight excluding hydrogens is 188 g/mol. The van der Waals surface area contributed by atoms with Gasteiger partial charge in [-0.1, -0.05) is 5.92 Å². The van der Waals surface area contributed by atoms with E-state index in [1.807, 2.05) is 37.3 Å². The molecule has 1 rings (SSSR count). The lowest BCUT2D eigenvalue weighted by Gasteiger charge is -2.04. The van der Waals surface area contributed by atoms with E-state index < -0.39 is 0 Å². The van der Waals surface area contributed by atoms with E-state index >= 15 is 0 Å². The van der Waals surface area contributed by atoms with Crippen molar-refractivity contribution in [2.45, 2.75) is 6.92 Å². The van der Waals surface area contributed by atoms with Gasteiger partial charge in [-0.3, -0.25) is 0 Å². The molecule has 0 N–H and O–H groups in total. The molecule has 0 aliphatic rings. The van der Waals surface area contributed by atoms with Crippen molar-refractivity contribution in [3.63, 3.8) is 0 Å². The second-order valence-electron chi connectivity index (χ2n) is 3.02. The molecule has 1 aromatic rings. The van der Waals surface area contributed by atoms with Crippen LogP contribution in [0.1, 0.15) is 6.92 Å². The first-order chi connectivity index (χ1) is 7.26. The Morgan fingerprint density at radius 2 is 1.93 bits per heavy atom. The van der Waals surface area contributed by atoms with Gasteiger partial charge in [0.1, 0.15) is 18.1 Å². The Morgan fingerprint density at radius 3 is 2.47 bits per heavy atom. The summed E-state index contributed by atoms with van der Waals surface area (Å²) in [5.41, 5.74) is 0.878. The molecule has 0 atom stereocenters. The van der Waals surface area contributed by atoms with Gasteiger partial charge in [0.05, 0.1) is 7.11 Å². The summed E-state index contributed by atoms with van der Waals surface area (Å²) in [6.45, 7) is 2.36. The molecule has 0 saturated heterocycles. The highest BCUT2D eigenvalue weighted by atomic mass is 16.5. The average molecular weight is 202 g/mol. The summed E-state index contributed by atoms with van der Waals surface area (Å²) in [6.07, 6.45) is 7.06. The number of terminal acetylenes is 1. The Bertz CT molecular complexity index is 369. The number of benzene rings is 1. The second-order valence-corrected chi connectivity index (χ2v) is 3.02. The molecular formula is C13H14O2. The summed E-state index contributed by atoms with van der Waals surface area (Å²) in [4.78, 5) is 0. The summed E-state index contributed by atoms with van der Waals surface area (Å²) < 4.78 is 10.5. The largest absolute Gasteiger partial charge is 0.497 e. The quantitative estimate of drug-likeness (QED) is 0.699. The van der Waals surface area contributed by atoms with Crippen molar-refractivity contribution in [3.05, 3.63) is 35.9 Å².